The van der Waals surface area contributed by atoms with Crippen molar-refractivity contribution in [3.05, 3.63) is 42.2 Å². The van der Waals surface area contributed by atoms with Gasteiger partial charge < -0.3 is 14.6 Å². The van der Waals surface area contributed by atoms with Gasteiger partial charge in [-0.05, 0) is 6.07 Å². The van der Waals surface area contributed by atoms with E-state index in [1.807, 2.05) is 24.3 Å². The van der Waals surface area contributed by atoms with E-state index in [1.165, 1.54) is 0 Å². The standard InChI is InChI=1S/C14H15N5O3/c1-21-9-12-17-14(22-18-12)7-15-13(20)8-19-11-5-3-2-4-10(11)6-16-19/h2-6H,7-9H2,1H3,(H,15,20). The van der Waals surface area contributed by atoms with Crippen molar-refractivity contribution in [2.24, 2.45) is 0 Å². The summed E-state index contributed by atoms with van der Waals surface area (Å²) in [5.74, 6) is 0.607. The quantitative estimate of drug-likeness (QED) is 0.726. The molecule has 3 aromatic rings. The van der Waals surface area contributed by atoms with E-state index in [0.717, 1.165) is 10.9 Å². The summed E-state index contributed by atoms with van der Waals surface area (Å²) in [5.41, 5.74) is 0.915. The van der Waals surface area contributed by atoms with E-state index in [0.29, 0.717) is 11.7 Å². The maximum absolute atomic E-state index is 12.0. The Morgan fingerprint density at radius 1 is 1.41 bits per heavy atom. The van der Waals surface area contributed by atoms with Crippen molar-refractivity contribution in [1.82, 2.24) is 25.2 Å². The van der Waals surface area contributed by atoms with E-state index in [1.54, 1.807) is 18.0 Å². The van der Waals surface area contributed by atoms with Crippen LogP contribution in [0.3, 0.4) is 0 Å². The van der Waals surface area contributed by atoms with Crippen LogP contribution in [-0.4, -0.2) is 32.9 Å². The lowest BCUT2D eigenvalue weighted by atomic mass is 10.2. The first-order valence-electron chi connectivity index (χ1n) is 6.74. The highest BCUT2D eigenvalue weighted by Crippen LogP contribution is 2.12. The number of rotatable bonds is 6. The van der Waals surface area contributed by atoms with Gasteiger partial charge in [0.2, 0.25) is 11.8 Å². The Balaban J connectivity index is 1.58. The summed E-state index contributed by atoms with van der Waals surface area (Å²) in [5, 5.41) is 11.6. The number of methoxy groups -OCH3 is 1. The molecule has 0 aliphatic carbocycles. The molecule has 0 fully saturated rings. The first kappa shape index (κ1) is 14.2. The lowest BCUT2D eigenvalue weighted by molar-refractivity contribution is -0.122. The van der Waals surface area contributed by atoms with Crippen LogP contribution in [-0.2, 0) is 29.2 Å². The lowest BCUT2D eigenvalue weighted by Crippen LogP contribution is -2.27. The molecule has 0 aliphatic heterocycles. The first-order chi connectivity index (χ1) is 10.8. The van der Waals surface area contributed by atoms with Crippen molar-refractivity contribution in [1.29, 1.82) is 0 Å². The molecule has 1 aromatic carbocycles. The largest absolute Gasteiger partial charge is 0.377 e. The van der Waals surface area contributed by atoms with E-state index in [2.05, 4.69) is 20.6 Å². The van der Waals surface area contributed by atoms with Crippen LogP contribution < -0.4 is 5.32 Å². The van der Waals surface area contributed by atoms with Gasteiger partial charge in [-0.1, -0.05) is 23.4 Å². The number of nitrogens with one attached hydrogen (secondary N) is 1. The van der Waals surface area contributed by atoms with Crippen molar-refractivity contribution in [2.75, 3.05) is 7.11 Å². The van der Waals surface area contributed by atoms with Crippen molar-refractivity contribution >= 4 is 16.8 Å². The van der Waals surface area contributed by atoms with Crippen LogP contribution in [0.4, 0.5) is 0 Å². The second-order valence-electron chi connectivity index (χ2n) is 4.68. The summed E-state index contributed by atoms with van der Waals surface area (Å²) in [7, 11) is 1.55. The summed E-state index contributed by atoms with van der Waals surface area (Å²) >= 11 is 0. The maximum atomic E-state index is 12.0. The Bertz CT molecular complexity index is 779. The Kier molecular flexibility index (Phi) is 4.10. The Labute approximate surface area is 126 Å². The number of hydrogen-bond acceptors (Lipinski definition) is 6. The Morgan fingerprint density at radius 2 is 2.27 bits per heavy atom. The van der Waals surface area contributed by atoms with E-state index >= 15 is 0 Å². The van der Waals surface area contributed by atoms with Gasteiger partial charge in [-0.3, -0.25) is 9.48 Å². The van der Waals surface area contributed by atoms with Gasteiger partial charge in [0.15, 0.2) is 5.82 Å². The van der Waals surface area contributed by atoms with Crippen molar-refractivity contribution < 1.29 is 14.1 Å². The van der Waals surface area contributed by atoms with Gasteiger partial charge in [0.25, 0.3) is 0 Å². The van der Waals surface area contributed by atoms with Gasteiger partial charge in [-0.25, -0.2) is 0 Å². The zero-order chi connectivity index (χ0) is 15.4. The predicted octanol–water partition coefficient (Wildman–Crippen LogP) is 0.882. The van der Waals surface area contributed by atoms with Gasteiger partial charge in [0.05, 0.1) is 18.3 Å². The molecule has 3 rings (SSSR count). The minimum Gasteiger partial charge on any atom is -0.377 e. The molecule has 0 unspecified atom stereocenters. The zero-order valence-corrected chi connectivity index (χ0v) is 12.0. The molecule has 8 nitrogen and oxygen atoms in total. The molecule has 1 N–H and O–H groups in total. The molecule has 8 heteroatoms. The van der Waals surface area contributed by atoms with E-state index in [9.17, 15) is 4.79 Å². The third kappa shape index (κ3) is 3.12. The highest BCUT2D eigenvalue weighted by Gasteiger charge is 2.10. The molecule has 0 bridgehead atoms. The van der Waals surface area contributed by atoms with Crippen LogP contribution in [0, 0.1) is 0 Å². The monoisotopic (exact) mass is 301 g/mol. The number of carbonyl (C=O) groups excluding carboxylic acids is 1. The number of amides is 1. The smallest absolute Gasteiger partial charge is 0.246 e. The average molecular weight is 301 g/mol. The fourth-order valence-electron chi connectivity index (χ4n) is 2.07. The molecule has 0 saturated carbocycles. The van der Waals surface area contributed by atoms with Crippen LogP contribution in [0.25, 0.3) is 10.9 Å². The van der Waals surface area contributed by atoms with Crippen molar-refractivity contribution in [3.8, 4) is 0 Å². The summed E-state index contributed by atoms with van der Waals surface area (Å²) < 4.78 is 11.5. The lowest BCUT2D eigenvalue weighted by Gasteiger charge is -2.04. The van der Waals surface area contributed by atoms with Gasteiger partial charge >= 0.3 is 0 Å². The number of ether oxygens (including phenoxy) is 1. The minimum absolute atomic E-state index is 0.132. The SMILES string of the molecule is COCc1noc(CNC(=O)Cn2ncc3ccccc32)n1. The Hall–Kier alpha value is -2.74. The minimum atomic E-state index is -0.180. The molecule has 0 atom stereocenters. The number of hydrogen-bond donors (Lipinski definition) is 1. The first-order valence-corrected chi connectivity index (χ1v) is 6.74. The number of carbonyl (C=O) groups is 1. The zero-order valence-electron chi connectivity index (χ0n) is 12.0. The molecular weight excluding hydrogens is 286 g/mol. The number of benzene rings is 1. The maximum Gasteiger partial charge on any atom is 0.246 e. The van der Waals surface area contributed by atoms with Crippen LogP contribution in [0.5, 0.6) is 0 Å². The average Bonchev–Trinajstić information content (AvgIpc) is 3.13. The molecule has 114 valence electrons. The third-order valence-electron chi connectivity index (χ3n) is 3.06. The van der Waals surface area contributed by atoms with E-state index in [4.69, 9.17) is 9.26 Å². The Morgan fingerprint density at radius 3 is 3.14 bits per heavy atom. The molecule has 0 radical (unpaired) electrons. The fraction of sp³-hybridized carbons (Fsp3) is 0.286. The van der Waals surface area contributed by atoms with Crippen LogP contribution in [0.1, 0.15) is 11.7 Å². The van der Waals surface area contributed by atoms with Crippen molar-refractivity contribution in [3.63, 3.8) is 0 Å². The number of para-hydroxylation sites is 1. The van der Waals surface area contributed by atoms with Crippen LogP contribution in [0.2, 0.25) is 0 Å². The topological polar surface area (TPSA) is 95.1 Å². The second kappa shape index (κ2) is 6.35. The van der Waals surface area contributed by atoms with Crippen LogP contribution >= 0.6 is 0 Å². The molecule has 0 aliphatic rings. The molecule has 2 aromatic heterocycles. The second-order valence-corrected chi connectivity index (χ2v) is 4.68. The van der Waals surface area contributed by atoms with Gasteiger partial charge in [-0.2, -0.15) is 10.1 Å². The molecular formula is C14H15N5O3. The molecule has 22 heavy (non-hydrogen) atoms. The molecule has 0 saturated heterocycles. The molecule has 1 amide bonds. The molecule has 2 heterocycles. The van der Waals surface area contributed by atoms with Crippen LogP contribution in [0.15, 0.2) is 35.0 Å². The van der Waals surface area contributed by atoms with Gasteiger partial charge in [0.1, 0.15) is 13.2 Å². The van der Waals surface area contributed by atoms with Gasteiger partial charge in [0, 0.05) is 12.5 Å². The normalized spacial score (nSPS) is 11.0. The number of aromatic nitrogens is 4. The summed E-state index contributed by atoms with van der Waals surface area (Å²) in [6.07, 6.45) is 1.73. The van der Waals surface area contributed by atoms with E-state index < -0.39 is 0 Å². The number of fused-ring (bicyclic) bond motifs is 1. The highest BCUT2D eigenvalue weighted by molar-refractivity contribution is 5.81. The summed E-state index contributed by atoms with van der Waals surface area (Å²) in [6.45, 7) is 0.581. The van der Waals surface area contributed by atoms with Crippen molar-refractivity contribution in [2.45, 2.75) is 19.7 Å². The van der Waals surface area contributed by atoms with E-state index in [-0.39, 0.29) is 25.6 Å². The molecule has 0 spiro atoms. The number of nitrogens with zero attached hydrogens (tertiary/aromatic N) is 4. The van der Waals surface area contributed by atoms with Gasteiger partial charge in [-0.15, -0.1) is 0 Å². The third-order valence-corrected chi connectivity index (χ3v) is 3.06. The predicted molar refractivity (Wildman–Crippen MR) is 76.6 cm³/mol. The highest BCUT2D eigenvalue weighted by atomic mass is 16.5. The summed E-state index contributed by atoms with van der Waals surface area (Å²) in [4.78, 5) is 16.1. The fourth-order valence-corrected chi connectivity index (χ4v) is 2.07. The summed E-state index contributed by atoms with van der Waals surface area (Å²) in [6, 6.07) is 7.72.